The standard InChI is InChI=1S/C13H20N2O7/c1-12(2,3)22-11(20)14-6-8(16)15-13(10(19)21-4)5-7(13)9(17)18/h7H,5-6H2,1-4H3,(H,14,20)(H,15,16)(H,17,18)/t7-,13-/m0/s1. The van der Waals surface area contributed by atoms with Crippen LogP contribution in [-0.4, -0.2) is 53.8 Å². The molecule has 1 rings (SSSR count). The molecule has 0 unspecified atom stereocenters. The van der Waals surface area contributed by atoms with Crippen LogP contribution in [0.1, 0.15) is 27.2 Å². The van der Waals surface area contributed by atoms with E-state index in [0.29, 0.717) is 0 Å². The topological polar surface area (TPSA) is 131 Å². The van der Waals surface area contributed by atoms with Gasteiger partial charge in [0.1, 0.15) is 12.1 Å². The molecule has 1 aliphatic carbocycles. The van der Waals surface area contributed by atoms with Gasteiger partial charge in [-0.15, -0.1) is 0 Å². The molecule has 9 heteroatoms. The molecule has 3 N–H and O–H groups in total. The van der Waals surface area contributed by atoms with Gasteiger partial charge in [-0.1, -0.05) is 0 Å². The van der Waals surface area contributed by atoms with Crippen molar-refractivity contribution < 1.29 is 33.8 Å². The molecule has 22 heavy (non-hydrogen) atoms. The van der Waals surface area contributed by atoms with Crippen LogP contribution in [0, 0.1) is 5.92 Å². The highest BCUT2D eigenvalue weighted by atomic mass is 16.6. The zero-order valence-corrected chi connectivity index (χ0v) is 12.9. The summed E-state index contributed by atoms with van der Waals surface area (Å²) in [4.78, 5) is 45.8. The number of hydrogen-bond donors (Lipinski definition) is 3. The van der Waals surface area contributed by atoms with Crippen LogP contribution in [0.25, 0.3) is 0 Å². The van der Waals surface area contributed by atoms with E-state index in [1.165, 1.54) is 0 Å². The summed E-state index contributed by atoms with van der Waals surface area (Å²) >= 11 is 0. The molecule has 1 fully saturated rings. The Morgan fingerprint density at radius 3 is 2.27 bits per heavy atom. The highest BCUT2D eigenvalue weighted by molar-refractivity contribution is 5.98. The Labute approximate surface area is 127 Å². The molecule has 9 nitrogen and oxygen atoms in total. The van der Waals surface area contributed by atoms with Crippen molar-refractivity contribution in [3.8, 4) is 0 Å². The van der Waals surface area contributed by atoms with Gasteiger partial charge in [0.05, 0.1) is 13.0 Å². The number of hydrogen-bond acceptors (Lipinski definition) is 6. The molecule has 124 valence electrons. The Hall–Kier alpha value is -2.32. The van der Waals surface area contributed by atoms with Gasteiger partial charge in [0.2, 0.25) is 5.91 Å². The number of carboxylic acid groups (broad SMARTS) is 1. The average molecular weight is 316 g/mol. The molecule has 1 saturated carbocycles. The van der Waals surface area contributed by atoms with Crippen molar-refractivity contribution in [3.63, 3.8) is 0 Å². The number of amides is 2. The lowest BCUT2D eigenvalue weighted by Crippen LogP contribution is -2.50. The molecule has 0 aromatic rings. The largest absolute Gasteiger partial charge is 0.481 e. The van der Waals surface area contributed by atoms with E-state index in [9.17, 15) is 19.2 Å². The minimum absolute atomic E-state index is 0.0484. The van der Waals surface area contributed by atoms with Gasteiger partial charge in [0.15, 0.2) is 5.54 Å². The summed E-state index contributed by atoms with van der Waals surface area (Å²) < 4.78 is 9.47. The highest BCUT2D eigenvalue weighted by Crippen LogP contribution is 2.44. The second-order valence-electron chi connectivity index (χ2n) is 5.96. The Morgan fingerprint density at radius 1 is 1.27 bits per heavy atom. The first-order valence-electron chi connectivity index (χ1n) is 6.61. The van der Waals surface area contributed by atoms with Crippen molar-refractivity contribution in [2.24, 2.45) is 5.92 Å². The van der Waals surface area contributed by atoms with Crippen LogP contribution in [0.15, 0.2) is 0 Å². The van der Waals surface area contributed by atoms with Crippen molar-refractivity contribution >= 4 is 23.9 Å². The summed E-state index contributed by atoms with van der Waals surface area (Å²) in [6.45, 7) is 4.56. The maximum atomic E-state index is 11.8. The van der Waals surface area contributed by atoms with Crippen LogP contribution in [0.3, 0.4) is 0 Å². The molecular formula is C13H20N2O7. The lowest BCUT2D eigenvalue weighted by molar-refractivity contribution is -0.150. The number of methoxy groups -OCH3 is 1. The molecule has 0 heterocycles. The summed E-state index contributed by atoms with van der Waals surface area (Å²) in [7, 11) is 1.10. The lowest BCUT2D eigenvalue weighted by Gasteiger charge is -2.20. The van der Waals surface area contributed by atoms with Gasteiger partial charge in [0, 0.05) is 0 Å². The molecule has 2 atom stereocenters. The second kappa shape index (κ2) is 6.20. The van der Waals surface area contributed by atoms with Crippen molar-refractivity contribution in [1.29, 1.82) is 0 Å². The Bertz CT molecular complexity index is 497. The predicted molar refractivity (Wildman–Crippen MR) is 72.9 cm³/mol. The number of carboxylic acids is 1. The summed E-state index contributed by atoms with van der Waals surface area (Å²) in [5, 5.41) is 13.5. The van der Waals surface area contributed by atoms with Crippen LogP contribution >= 0.6 is 0 Å². The zero-order chi connectivity index (χ0) is 17.1. The molecule has 0 aliphatic heterocycles. The Kier molecular flexibility index (Phi) is 5.00. The molecular weight excluding hydrogens is 296 g/mol. The normalized spacial score (nSPS) is 23.2. The van der Waals surface area contributed by atoms with Gasteiger partial charge < -0.3 is 25.2 Å². The molecule has 0 bridgehead atoms. The van der Waals surface area contributed by atoms with E-state index >= 15 is 0 Å². The smallest absolute Gasteiger partial charge is 0.408 e. The van der Waals surface area contributed by atoms with Crippen LogP contribution in [0.5, 0.6) is 0 Å². The summed E-state index contributed by atoms with van der Waals surface area (Å²) in [5.74, 6) is -3.78. The van der Waals surface area contributed by atoms with Gasteiger partial charge in [-0.05, 0) is 27.2 Å². The molecule has 2 amide bonds. The minimum Gasteiger partial charge on any atom is -0.481 e. The number of esters is 1. The molecule has 0 spiro atoms. The number of rotatable bonds is 5. The number of nitrogens with one attached hydrogen (secondary N) is 2. The summed E-state index contributed by atoms with van der Waals surface area (Å²) in [6, 6.07) is 0. The highest BCUT2D eigenvalue weighted by Gasteiger charge is 2.66. The third kappa shape index (κ3) is 4.34. The van der Waals surface area contributed by atoms with Gasteiger partial charge in [0.25, 0.3) is 0 Å². The number of alkyl carbamates (subject to hydrolysis) is 1. The average Bonchev–Trinajstić information content (AvgIpc) is 3.09. The maximum Gasteiger partial charge on any atom is 0.408 e. The monoisotopic (exact) mass is 316 g/mol. The molecule has 0 aromatic heterocycles. The fourth-order valence-electron chi connectivity index (χ4n) is 1.92. The van der Waals surface area contributed by atoms with Gasteiger partial charge >= 0.3 is 18.0 Å². The van der Waals surface area contributed by atoms with Gasteiger partial charge in [-0.25, -0.2) is 9.59 Å². The van der Waals surface area contributed by atoms with Crippen LogP contribution < -0.4 is 10.6 Å². The summed E-state index contributed by atoms with van der Waals surface area (Å²) in [6.07, 6.45) is -0.840. The third-order valence-electron chi connectivity index (χ3n) is 2.96. The number of aliphatic carboxylic acids is 1. The zero-order valence-electron chi connectivity index (χ0n) is 12.9. The second-order valence-corrected chi connectivity index (χ2v) is 5.96. The number of carbonyl (C=O) groups excluding carboxylic acids is 3. The van der Waals surface area contributed by atoms with Crippen LogP contribution in [0.2, 0.25) is 0 Å². The fourth-order valence-corrected chi connectivity index (χ4v) is 1.92. The number of ether oxygens (including phenoxy) is 2. The third-order valence-corrected chi connectivity index (χ3v) is 2.96. The summed E-state index contributed by atoms with van der Waals surface area (Å²) in [5.41, 5.74) is -2.27. The first-order chi connectivity index (χ1) is 10.0. The van der Waals surface area contributed by atoms with E-state index < -0.39 is 47.5 Å². The van der Waals surface area contributed by atoms with E-state index in [0.717, 1.165) is 7.11 Å². The van der Waals surface area contributed by atoms with Gasteiger partial charge in [-0.2, -0.15) is 0 Å². The van der Waals surface area contributed by atoms with E-state index in [2.05, 4.69) is 15.4 Å². The Balaban J connectivity index is 2.55. The van der Waals surface area contributed by atoms with Crippen molar-refractivity contribution in [2.75, 3.05) is 13.7 Å². The lowest BCUT2D eigenvalue weighted by atomic mass is 10.2. The van der Waals surface area contributed by atoms with Gasteiger partial charge in [-0.3, -0.25) is 9.59 Å². The van der Waals surface area contributed by atoms with E-state index in [1.807, 2.05) is 0 Å². The molecule has 0 radical (unpaired) electrons. The van der Waals surface area contributed by atoms with E-state index in [1.54, 1.807) is 20.8 Å². The van der Waals surface area contributed by atoms with E-state index in [-0.39, 0.29) is 6.42 Å². The first kappa shape index (κ1) is 17.7. The predicted octanol–water partition coefficient (Wildman–Crippen LogP) is -0.356. The minimum atomic E-state index is -1.56. The van der Waals surface area contributed by atoms with E-state index in [4.69, 9.17) is 9.84 Å². The fraction of sp³-hybridized carbons (Fsp3) is 0.692. The molecule has 1 aliphatic rings. The van der Waals surface area contributed by atoms with Crippen molar-refractivity contribution in [1.82, 2.24) is 10.6 Å². The molecule has 0 aromatic carbocycles. The Morgan fingerprint density at radius 2 is 1.86 bits per heavy atom. The van der Waals surface area contributed by atoms with Crippen molar-refractivity contribution in [2.45, 2.75) is 38.3 Å². The first-order valence-corrected chi connectivity index (χ1v) is 6.61. The van der Waals surface area contributed by atoms with Crippen molar-refractivity contribution in [3.05, 3.63) is 0 Å². The number of carbonyl (C=O) groups is 4. The maximum absolute atomic E-state index is 11.8. The SMILES string of the molecule is COC(=O)[C@]1(NC(=O)CNC(=O)OC(C)(C)C)C[C@H]1C(=O)O. The van der Waals surface area contributed by atoms with Crippen LogP contribution in [-0.2, 0) is 23.9 Å². The molecule has 0 saturated heterocycles. The van der Waals surface area contributed by atoms with Crippen LogP contribution in [0.4, 0.5) is 4.79 Å². The quantitative estimate of drug-likeness (QED) is 0.590.